The van der Waals surface area contributed by atoms with Crippen LogP contribution in [0.3, 0.4) is 0 Å². The molecule has 1 aromatic rings. The Morgan fingerprint density at radius 3 is 2.83 bits per heavy atom. The highest BCUT2D eigenvalue weighted by atomic mass is 16.3. The number of carbonyl (C=O) groups is 2. The Morgan fingerprint density at radius 2 is 2.22 bits per heavy atom. The summed E-state index contributed by atoms with van der Waals surface area (Å²) >= 11 is 0. The van der Waals surface area contributed by atoms with E-state index in [-0.39, 0.29) is 24.8 Å². The molecule has 1 aliphatic rings. The van der Waals surface area contributed by atoms with E-state index in [0.29, 0.717) is 25.9 Å². The number of aliphatic hydroxyl groups excluding tert-OH is 1. The number of carbonyl (C=O) groups excluding carboxylic acids is 2. The molecule has 6 nitrogen and oxygen atoms in total. The van der Waals surface area contributed by atoms with Crippen LogP contribution in [0, 0.1) is 0 Å². The fourth-order valence-corrected chi connectivity index (χ4v) is 3.20. The Hall–Kier alpha value is -1.95. The molecule has 0 unspecified atom stereocenters. The third-order valence-electron chi connectivity index (χ3n) is 4.61. The molecule has 2 amide bonds. The van der Waals surface area contributed by atoms with Gasteiger partial charge in [-0.1, -0.05) is 6.07 Å². The van der Waals surface area contributed by atoms with Gasteiger partial charge in [0.25, 0.3) is 0 Å². The zero-order valence-electron chi connectivity index (χ0n) is 13.9. The fraction of sp³-hybridized carbons (Fsp3) is 0.588. The quantitative estimate of drug-likeness (QED) is 0.843. The summed E-state index contributed by atoms with van der Waals surface area (Å²) in [5, 5.41) is 9.80. The van der Waals surface area contributed by atoms with Crippen molar-refractivity contribution in [2.75, 3.05) is 26.7 Å². The lowest BCUT2D eigenvalue weighted by Gasteiger charge is -2.37. The van der Waals surface area contributed by atoms with E-state index in [9.17, 15) is 14.7 Å². The Bertz CT molecular complexity index is 549. The van der Waals surface area contributed by atoms with Crippen LogP contribution < -0.4 is 0 Å². The van der Waals surface area contributed by atoms with Gasteiger partial charge in [-0.2, -0.15) is 0 Å². The van der Waals surface area contributed by atoms with Crippen LogP contribution in [0.2, 0.25) is 0 Å². The fourth-order valence-electron chi connectivity index (χ4n) is 3.20. The standard InChI is InChI=1S/C17H25N3O3/c1-14(22)20-10-5-8-17(20,13-21)12-16(23)19(2)11-7-15-6-3-4-9-18-15/h3-4,6,9,21H,5,7-8,10-13H2,1-2H3/t17-/m0/s1. The van der Waals surface area contributed by atoms with Gasteiger partial charge in [-0.05, 0) is 25.0 Å². The Morgan fingerprint density at radius 1 is 1.43 bits per heavy atom. The van der Waals surface area contributed by atoms with Crippen molar-refractivity contribution in [3.8, 4) is 0 Å². The molecule has 2 rings (SSSR count). The van der Waals surface area contributed by atoms with Gasteiger partial charge in [-0.15, -0.1) is 0 Å². The summed E-state index contributed by atoms with van der Waals surface area (Å²) in [4.78, 5) is 31.8. The molecule has 0 spiro atoms. The van der Waals surface area contributed by atoms with Crippen molar-refractivity contribution in [1.29, 1.82) is 0 Å². The number of likely N-dealkylation sites (tertiary alicyclic amines) is 1. The second-order valence-corrected chi connectivity index (χ2v) is 6.22. The molecule has 6 heteroatoms. The van der Waals surface area contributed by atoms with Gasteiger partial charge in [0.15, 0.2) is 0 Å². The predicted molar refractivity (Wildman–Crippen MR) is 86.6 cm³/mol. The van der Waals surface area contributed by atoms with Crippen molar-refractivity contribution in [3.63, 3.8) is 0 Å². The largest absolute Gasteiger partial charge is 0.394 e. The molecular formula is C17H25N3O3. The summed E-state index contributed by atoms with van der Waals surface area (Å²) in [7, 11) is 1.75. The van der Waals surface area contributed by atoms with E-state index in [0.717, 1.165) is 12.1 Å². The molecule has 1 fully saturated rings. The Kier molecular flexibility index (Phi) is 5.71. The van der Waals surface area contributed by atoms with Crippen molar-refractivity contribution in [3.05, 3.63) is 30.1 Å². The summed E-state index contributed by atoms with van der Waals surface area (Å²) in [5.41, 5.74) is 0.206. The molecule has 0 bridgehead atoms. The molecule has 2 heterocycles. The van der Waals surface area contributed by atoms with Gasteiger partial charge in [0.2, 0.25) is 11.8 Å². The minimum Gasteiger partial charge on any atom is -0.394 e. The van der Waals surface area contributed by atoms with Crippen LogP contribution in [0.15, 0.2) is 24.4 Å². The number of rotatable bonds is 6. The first-order valence-corrected chi connectivity index (χ1v) is 8.01. The maximum Gasteiger partial charge on any atom is 0.224 e. The van der Waals surface area contributed by atoms with Crippen molar-refractivity contribution >= 4 is 11.8 Å². The van der Waals surface area contributed by atoms with Gasteiger partial charge in [0, 0.05) is 45.4 Å². The summed E-state index contributed by atoms with van der Waals surface area (Å²) in [6, 6.07) is 5.72. The number of nitrogens with zero attached hydrogens (tertiary/aromatic N) is 3. The highest BCUT2D eigenvalue weighted by Gasteiger charge is 2.44. The first-order chi connectivity index (χ1) is 11.0. The zero-order chi connectivity index (χ0) is 16.9. The van der Waals surface area contributed by atoms with E-state index in [4.69, 9.17) is 0 Å². The first kappa shape index (κ1) is 17.4. The minimum absolute atomic E-state index is 0.0527. The molecule has 0 saturated carbocycles. The molecule has 23 heavy (non-hydrogen) atoms. The van der Waals surface area contributed by atoms with E-state index < -0.39 is 5.54 Å². The van der Waals surface area contributed by atoms with Crippen LogP contribution in [-0.2, 0) is 16.0 Å². The number of amides is 2. The lowest BCUT2D eigenvalue weighted by Crippen LogP contribution is -2.52. The van der Waals surface area contributed by atoms with Crippen molar-refractivity contribution in [2.45, 2.75) is 38.1 Å². The molecule has 1 aliphatic heterocycles. The minimum atomic E-state index is -0.734. The molecule has 1 N–H and O–H groups in total. The van der Waals surface area contributed by atoms with Gasteiger partial charge in [0.05, 0.1) is 18.6 Å². The summed E-state index contributed by atoms with van der Waals surface area (Å²) in [6.07, 6.45) is 4.09. The first-order valence-electron chi connectivity index (χ1n) is 8.01. The molecule has 126 valence electrons. The average molecular weight is 319 g/mol. The summed E-state index contributed by atoms with van der Waals surface area (Å²) in [6.45, 7) is 2.50. The Balaban J connectivity index is 1.95. The highest BCUT2D eigenvalue weighted by Crippen LogP contribution is 2.32. The monoisotopic (exact) mass is 319 g/mol. The van der Waals surface area contributed by atoms with Crippen molar-refractivity contribution < 1.29 is 14.7 Å². The third-order valence-corrected chi connectivity index (χ3v) is 4.61. The van der Waals surface area contributed by atoms with E-state index in [1.165, 1.54) is 6.92 Å². The van der Waals surface area contributed by atoms with Gasteiger partial charge < -0.3 is 14.9 Å². The van der Waals surface area contributed by atoms with Gasteiger partial charge in [0.1, 0.15) is 0 Å². The van der Waals surface area contributed by atoms with Crippen molar-refractivity contribution in [2.24, 2.45) is 0 Å². The van der Waals surface area contributed by atoms with Crippen LogP contribution in [0.25, 0.3) is 0 Å². The van der Waals surface area contributed by atoms with Gasteiger partial charge in [-0.25, -0.2) is 0 Å². The van der Waals surface area contributed by atoms with E-state index >= 15 is 0 Å². The second kappa shape index (κ2) is 7.55. The molecule has 0 radical (unpaired) electrons. The lowest BCUT2D eigenvalue weighted by atomic mass is 9.92. The van der Waals surface area contributed by atoms with Gasteiger partial charge in [-0.3, -0.25) is 14.6 Å². The molecular weight excluding hydrogens is 294 g/mol. The average Bonchev–Trinajstić information content (AvgIpc) is 2.97. The maximum absolute atomic E-state index is 12.5. The van der Waals surface area contributed by atoms with Crippen molar-refractivity contribution in [1.82, 2.24) is 14.8 Å². The van der Waals surface area contributed by atoms with Crippen LogP contribution in [0.4, 0.5) is 0 Å². The van der Waals surface area contributed by atoms with E-state index in [1.807, 2.05) is 18.2 Å². The lowest BCUT2D eigenvalue weighted by molar-refractivity contribution is -0.140. The number of likely N-dealkylation sites (N-methyl/N-ethyl adjacent to an activating group) is 1. The molecule has 1 atom stereocenters. The number of hydrogen-bond donors (Lipinski definition) is 1. The zero-order valence-corrected chi connectivity index (χ0v) is 13.9. The molecule has 1 aromatic heterocycles. The third kappa shape index (κ3) is 4.07. The Labute approximate surface area is 137 Å². The van der Waals surface area contributed by atoms with Crippen LogP contribution in [0.5, 0.6) is 0 Å². The SMILES string of the molecule is CC(=O)N1CCC[C@@]1(CO)CC(=O)N(C)CCc1ccccn1. The molecule has 1 saturated heterocycles. The molecule has 0 aromatic carbocycles. The summed E-state index contributed by atoms with van der Waals surface area (Å²) in [5.74, 6) is -0.136. The number of aromatic nitrogens is 1. The highest BCUT2D eigenvalue weighted by molar-refractivity contribution is 5.80. The second-order valence-electron chi connectivity index (χ2n) is 6.22. The topological polar surface area (TPSA) is 73.7 Å². The van der Waals surface area contributed by atoms with Crippen LogP contribution >= 0.6 is 0 Å². The number of hydrogen-bond acceptors (Lipinski definition) is 4. The van der Waals surface area contributed by atoms with E-state index in [1.54, 1.807) is 23.0 Å². The normalized spacial score (nSPS) is 20.6. The van der Waals surface area contributed by atoms with Gasteiger partial charge >= 0.3 is 0 Å². The number of pyridine rings is 1. The smallest absolute Gasteiger partial charge is 0.224 e. The molecule has 0 aliphatic carbocycles. The predicted octanol–water partition coefficient (Wildman–Crippen LogP) is 0.846. The van der Waals surface area contributed by atoms with Crippen LogP contribution in [0.1, 0.15) is 31.9 Å². The van der Waals surface area contributed by atoms with Crippen LogP contribution in [-0.4, -0.2) is 64.0 Å². The van der Waals surface area contributed by atoms with E-state index in [2.05, 4.69) is 4.98 Å². The maximum atomic E-state index is 12.5. The summed E-state index contributed by atoms with van der Waals surface area (Å²) < 4.78 is 0. The number of aliphatic hydroxyl groups is 1.